The summed E-state index contributed by atoms with van der Waals surface area (Å²) in [6.45, 7) is 0. The number of ketones is 1. The van der Waals surface area contributed by atoms with Gasteiger partial charge in [-0.05, 0) is 23.8 Å². The number of thiophene rings is 1. The first-order valence-electron chi connectivity index (χ1n) is 7.23. The second-order valence-corrected chi connectivity index (χ2v) is 6.89. The fourth-order valence-corrected chi connectivity index (χ4v) is 3.58. The second-order valence-electron chi connectivity index (χ2n) is 5.43. The third kappa shape index (κ3) is 3.31. The Morgan fingerprint density at radius 1 is 1.00 bits per heavy atom. The molecular formula is C19H16ClNOS. The Labute approximate surface area is 145 Å². The molecule has 0 aliphatic heterocycles. The lowest BCUT2D eigenvalue weighted by molar-refractivity contribution is 0.104. The van der Waals surface area contributed by atoms with E-state index in [4.69, 9.17) is 11.6 Å². The summed E-state index contributed by atoms with van der Waals surface area (Å²) in [4.78, 5) is 15.5. The van der Waals surface area contributed by atoms with E-state index < -0.39 is 0 Å². The maximum atomic E-state index is 12.7. The van der Waals surface area contributed by atoms with Crippen molar-refractivity contribution in [3.05, 3.63) is 76.1 Å². The molecule has 0 atom stereocenters. The van der Waals surface area contributed by atoms with E-state index in [-0.39, 0.29) is 5.78 Å². The van der Waals surface area contributed by atoms with E-state index >= 15 is 0 Å². The van der Waals surface area contributed by atoms with Gasteiger partial charge in [0.05, 0.1) is 9.88 Å². The molecule has 116 valence electrons. The lowest BCUT2D eigenvalue weighted by atomic mass is 10.1. The van der Waals surface area contributed by atoms with E-state index in [1.165, 1.54) is 11.3 Å². The van der Waals surface area contributed by atoms with E-state index in [1.54, 1.807) is 0 Å². The zero-order chi connectivity index (χ0) is 16.4. The highest BCUT2D eigenvalue weighted by Crippen LogP contribution is 2.39. The van der Waals surface area contributed by atoms with Gasteiger partial charge in [0.2, 0.25) is 5.78 Å². The lowest BCUT2D eigenvalue weighted by Gasteiger charge is -2.12. The van der Waals surface area contributed by atoms with Crippen molar-refractivity contribution in [2.45, 2.75) is 0 Å². The van der Waals surface area contributed by atoms with Gasteiger partial charge < -0.3 is 4.90 Å². The van der Waals surface area contributed by atoms with Crippen LogP contribution < -0.4 is 4.90 Å². The third-order valence-electron chi connectivity index (χ3n) is 3.53. The quantitative estimate of drug-likeness (QED) is 0.595. The number of anilines is 1. The summed E-state index contributed by atoms with van der Waals surface area (Å²) in [5.74, 6) is 0.0545. The molecule has 23 heavy (non-hydrogen) atoms. The van der Waals surface area contributed by atoms with Crippen molar-refractivity contribution in [1.82, 2.24) is 0 Å². The molecule has 0 saturated heterocycles. The highest BCUT2D eigenvalue weighted by molar-refractivity contribution is 7.18. The molecule has 1 heterocycles. The van der Waals surface area contributed by atoms with Crippen LogP contribution in [0.1, 0.15) is 15.2 Å². The Bertz CT molecular complexity index is 822. The van der Waals surface area contributed by atoms with Crippen LogP contribution in [-0.2, 0) is 0 Å². The molecule has 0 saturated carbocycles. The minimum absolute atomic E-state index is 0.0545. The maximum absolute atomic E-state index is 12.7. The number of hydrogen-bond acceptors (Lipinski definition) is 3. The lowest BCUT2D eigenvalue weighted by Crippen LogP contribution is -2.07. The van der Waals surface area contributed by atoms with Crippen LogP contribution in [0.5, 0.6) is 0 Å². The fourth-order valence-electron chi connectivity index (χ4n) is 2.39. The van der Waals surface area contributed by atoms with Gasteiger partial charge in [-0.15, -0.1) is 11.3 Å². The predicted octanol–water partition coefficient (Wildman–Crippen LogP) is 5.37. The highest BCUT2D eigenvalue weighted by atomic mass is 35.5. The van der Waals surface area contributed by atoms with Gasteiger partial charge in [-0.1, -0.05) is 54.1 Å². The summed E-state index contributed by atoms with van der Waals surface area (Å²) in [7, 11) is 3.98. The Kier molecular flexibility index (Phi) is 4.51. The number of rotatable bonds is 4. The number of hydrogen-bond donors (Lipinski definition) is 0. The molecule has 3 aromatic rings. The van der Waals surface area contributed by atoms with Gasteiger partial charge in [-0.3, -0.25) is 4.79 Å². The smallest absolute Gasteiger partial charge is 0.203 e. The number of carbonyl (C=O) groups excluding carboxylic acids is 1. The van der Waals surface area contributed by atoms with Gasteiger partial charge in [0.15, 0.2) is 0 Å². The first-order chi connectivity index (χ1) is 11.1. The van der Waals surface area contributed by atoms with Crippen LogP contribution in [0.2, 0.25) is 5.02 Å². The first kappa shape index (κ1) is 15.8. The SMILES string of the molecule is CN(C)c1sc(C(=O)c2ccccc2)cc1-c1ccc(Cl)cc1. The molecule has 0 unspecified atom stereocenters. The Morgan fingerprint density at radius 2 is 1.65 bits per heavy atom. The standard InChI is InChI=1S/C19H16ClNOS/c1-21(2)19-16(13-8-10-15(20)11-9-13)12-17(23-19)18(22)14-6-4-3-5-7-14/h3-12H,1-2H3. The van der Waals surface area contributed by atoms with Crippen LogP contribution in [0.25, 0.3) is 11.1 Å². The summed E-state index contributed by atoms with van der Waals surface area (Å²) in [5, 5.41) is 1.77. The molecule has 0 aliphatic carbocycles. The van der Waals surface area contributed by atoms with E-state index in [0.717, 1.165) is 21.0 Å². The van der Waals surface area contributed by atoms with Crippen molar-refractivity contribution < 1.29 is 4.79 Å². The average Bonchev–Trinajstić information content (AvgIpc) is 3.01. The van der Waals surface area contributed by atoms with E-state index in [1.807, 2.05) is 79.7 Å². The first-order valence-corrected chi connectivity index (χ1v) is 8.42. The Morgan fingerprint density at radius 3 is 2.26 bits per heavy atom. The van der Waals surface area contributed by atoms with Gasteiger partial charge >= 0.3 is 0 Å². The van der Waals surface area contributed by atoms with Crippen LogP contribution in [-0.4, -0.2) is 19.9 Å². The van der Waals surface area contributed by atoms with Gasteiger partial charge in [0, 0.05) is 30.2 Å². The van der Waals surface area contributed by atoms with E-state index in [9.17, 15) is 4.79 Å². The summed E-state index contributed by atoms with van der Waals surface area (Å²) < 4.78 is 0. The van der Waals surface area contributed by atoms with Crippen molar-refractivity contribution in [3.8, 4) is 11.1 Å². The Balaban J connectivity index is 2.06. The van der Waals surface area contributed by atoms with Crippen molar-refractivity contribution in [2.75, 3.05) is 19.0 Å². The van der Waals surface area contributed by atoms with Crippen LogP contribution in [0.4, 0.5) is 5.00 Å². The number of nitrogens with zero attached hydrogens (tertiary/aromatic N) is 1. The van der Waals surface area contributed by atoms with Crippen molar-refractivity contribution in [1.29, 1.82) is 0 Å². The number of carbonyl (C=O) groups is 1. The average molecular weight is 342 g/mol. The zero-order valence-electron chi connectivity index (χ0n) is 12.9. The van der Waals surface area contributed by atoms with Crippen molar-refractivity contribution in [3.63, 3.8) is 0 Å². The molecular weight excluding hydrogens is 326 g/mol. The van der Waals surface area contributed by atoms with Gasteiger partial charge in [-0.2, -0.15) is 0 Å². The maximum Gasteiger partial charge on any atom is 0.203 e. The largest absolute Gasteiger partial charge is 0.369 e. The van der Waals surface area contributed by atoms with Crippen LogP contribution in [0, 0.1) is 0 Å². The molecule has 0 spiro atoms. The minimum Gasteiger partial charge on any atom is -0.369 e. The predicted molar refractivity (Wildman–Crippen MR) is 99.0 cm³/mol. The van der Waals surface area contributed by atoms with Crippen LogP contribution >= 0.6 is 22.9 Å². The minimum atomic E-state index is 0.0545. The highest BCUT2D eigenvalue weighted by Gasteiger charge is 2.18. The molecule has 0 bridgehead atoms. The number of benzene rings is 2. The van der Waals surface area contributed by atoms with E-state index in [2.05, 4.69) is 0 Å². The summed E-state index contributed by atoms with van der Waals surface area (Å²) in [6, 6.07) is 19.0. The second kappa shape index (κ2) is 6.57. The molecule has 0 aliphatic rings. The van der Waals surface area contributed by atoms with Crippen molar-refractivity contribution >= 4 is 33.7 Å². The normalized spacial score (nSPS) is 10.6. The van der Waals surface area contributed by atoms with Gasteiger partial charge in [0.1, 0.15) is 0 Å². The number of halogens is 1. The molecule has 0 amide bonds. The summed E-state index contributed by atoms with van der Waals surface area (Å²) in [5.41, 5.74) is 2.82. The van der Waals surface area contributed by atoms with Gasteiger partial charge in [-0.25, -0.2) is 0 Å². The zero-order valence-corrected chi connectivity index (χ0v) is 14.5. The van der Waals surface area contributed by atoms with E-state index in [0.29, 0.717) is 10.6 Å². The molecule has 2 aromatic carbocycles. The molecule has 0 fully saturated rings. The fraction of sp³-hybridized carbons (Fsp3) is 0.105. The van der Waals surface area contributed by atoms with Gasteiger partial charge in [0.25, 0.3) is 0 Å². The third-order valence-corrected chi connectivity index (χ3v) is 5.09. The Hall–Kier alpha value is -2.10. The summed E-state index contributed by atoms with van der Waals surface area (Å²) >= 11 is 7.49. The van der Waals surface area contributed by atoms with Crippen LogP contribution in [0.3, 0.4) is 0 Å². The molecule has 0 radical (unpaired) electrons. The van der Waals surface area contributed by atoms with Crippen LogP contribution in [0.15, 0.2) is 60.7 Å². The monoisotopic (exact) mass is 341 g/mol. The molecule has 1 aromatic heterocycles. The molecule has 2 nitrogen and oxygen atoms in total. The molecule has 4 heteroatoms. The molecule has 0 N–H and O–H groups in total. The van der Waals surface area contributed by atoms with Crippen molar-refractivity contribution in [2.24, 2.45) is 0 Å². The summed E-state index contributed by atoms with van der Waals surface area (Å²) in [6.07, 6.45) is 0. The molecule has 3 rings (SSSR count). The topological polar surface area (TPSA) is 20.3 Å².